The molecule has 0 radical (unpaired) electrons. The van der Waals surface area contributed by atoms with Crippen molar-refractivity contribution in [2.75, 3.05) is 13.2 Å². The quantitative estimate of drug-likeness (QED) is 0.863. The van der Waals surface area contributed by atoms with Crippen molar-refractivity contribution < 1.29 is 4.74 Å². The van der Waals surface area contributed by atoms with Gasteiger partial charge in [-0.25, -0.2) is 0 Å². The minimum Gasteiger partial charge on any atom is -0.381 e. The molecule has 1 aliphatic rings. The van der Waals surface area contributed by atoms with Crippen LogP contribution in [0.3, 0.4) is 0 Å². The average Bonchev–Trinajstić information content (AvgIpc) is 2.83. The molecule has 1 saturated heterocycles. The summed E-state index contributed by atoms with van der Waals surface area (Å²) in [7, 11) is 0. The molecule has 1 aromatic carbocycles. The minimum absolute atomic E-state index is 0.409. The van der Waals surface area contributed by atoms with Crippen molar-refractivity contribution >= 4 is 0 Å². The van der Waals surface area contributed by atoms with Gasteiger partial charge in [-0.15, -0.1) is 0 Å². The van der Waals surface area contributed by atoms with Gasteiger partial charge in [-0.05, 0) is 38.7 Å². The molecule has 1 fully saturated rings. The van der Waals surface area contributed by atoms with E-state index in [1.54, 1.807) is 0 Å². The third-order valence-electron chi connectivity index (χ3n) is 3.76. The van der Waals surface area contributed by atoms with Crippen molar-refractivity contribution in [2.45, 2.75) is 39.3 Å². The normalized spacial score (nSPS) is 23.6. The molecule has 3 unspecified atom stereocenters. The predicted molar refractivity (Wildman–Crippen MR) is 71.1 cm³/mol. The van der Waals surface area contributed by atoms with Crippen molar-refractivity contribution in [3.05, 3.63) is 35.4 Å². The minimum atomic E-state index is 0.409. The maximum atomic E-state index is 5.44. The van der Waals surface area contributed by atoms with Gasteiger partial charge in [-0.3, -0.25) is 0 Å². The van der Waals surface area contributed by atoms with Crippen LogP contribution in [0.2, 0.25) is 0 Å². The van der Waals surface area contributed by atoms with Crippen LogP contribution in [0.4, 0.5) is 0 Å². The summed E-state index contributed by atoms with van der Waals surface area (Å²) in [5, 5.41) is 3.68. The molecule has 1 heterocycles. The van der Waals surface area contributed by atoms with Crippen molar-refractivity contribution in [2.24, 2.45) is 5.92 Å². The first-order chi connectivity index (χ1) is 8.16. The van der Waals surface area contributed by atoms with Crippen LogP contribution in [0, 0.1) is 12.8 Å². The molecule has 1 aliphatic heterocycles. The lowest BCUT2D eigenvalue weighted by molar-refractivity contribution is 0.177. The zero-order valence-electron chi connectivity index (χ0n) is 11.1. The van der Waals surface area contributed by atoms with Gasteiger partial charge in [0.2, 0.25) is 0 Å². The molecule has 94 valence electrons. The summed E-state index contributed by atoms with van der Waals surface area (Å²) < 4.78 is 5.44. The van der Waals surface area contributed by atoms with Gasteiger partial charge in [0.1, 0.15) is 0 Å². The molecule has 3 atom stereocenters. The van der Waals surface area contributed by atoms with E-state index in [-0.39, 0.29) is 0 Å². The Hall–Kier alpha value is -0.860. The number of nitrogens with one attached hydrogen (secondary N) is 1. The highest BCUT2D eigenvalue weighted by Gasteiger charge is 2.23. The van der Waals surface area contributed by atoms with Gasteiger partial charge in [-0.1, -0.05) is 29.8 Å². The van der Waals surface area contributed by atoms with Gasteiger partial charge < -0.3 is 10.1 Å². The molecule has 0 saturated carbocycles. The van der Waals surface area contributed by atoms with Gasteiger partial charge in [0.25, 0.3) is 0 Å². The highest BCUT2D eigenvalue weighted by Crippen LogP contribution is 2.20. The Balaban J connectivity index is 1.91. The zero-order valence-corrected chi connectivity index (χ0v) is 11.1. The Labute approximate surface area is 104 Å². The van der Waals surface area contributed by atoms with Gasteiger partial charge in [0.15, 0.2) is 0 Å². The smallest absolute Gasteiger partial charge is 0.0509 e. The van der Waals surface area contributed by atoms with Gasteiger partial charge in [0, 0.05) is 18.7 Å². The maximum Gasteiger partial charge on any atom is 0.0509 e. The summed E-state index contributed by atoms with van der Waals surface area (Å²) in [5.41, 5.74) is 2.68. The summed E-state index contributed by atoms with van der Waals surface area (Å²) in [5.74, 6) is 0.669. The summed E-state index contributed by atoms with van der Waals surface area (Å²) in [6.45, 7) is 8.46. The molecule has 1 aromatic rings. The molecule has 1 N–H and O–H groups in total. The van der Waals surface area contributed by atoms with Gasteiger partial charge in [0.05, 0.1) is 6.61 Å². The van der Waals surface area contributed by atoms with E-state index in [1.165, 1.54) is 17.5 Å². The third kappa shape index (κ3) is 3.30. The monoisotopic (exact) mass is 233 g/mol. The van der Waals surface area contributed by atoms with E-state index >= 15 is 0 Å². The summed E-state index contributed by atoms with van der Waals surface area (Å²) in [6, 6.07) is 9.71. The summed E-state index contributed by atoms with van der Waals surface area (Å²) >= 11 is 0. The Morgan fingerprint density at radius 2 is 1.94 bits per heavy atom. The lowest BCUT2D eigenvalue weighted by Gasteiger charge is -2.24. The van der Waals surface area contributed by atoms with Crippen LogP contribution < -0.4 is 5.32 Å². The average molecular weight is 233 g/mol. The number of ether oxygens (including phenoxy) is 1. The Bertz CT molecular complexity index is 340. The SMILES string of the molecule is Cc1ccc(C(C)NC(C)C2CCOC2)cc1. The van der Waals surface area contributed by atoms with Gasteiger partial charge >= 0.3 is 0 Å². The van der Waals surface area contributed by atoms with Crippen LogP contribution in [-0.2, 0) is 4.74 Å². The number of aryl methyl sites for hydroxylation is 1. The van der Waals surface area contributed by atoms with E-state index < -0.39 is 0 Å². The highest BCUT2D eigenvalue weighted by atomic mass is 16.5. The molecule has 0 aliphatic carbocycles. The van der Waals surface area contributed by atoms with E-state index in [4.69, 9.17) is 4.74 Å². The number of rotatable bonds is 4. The fourth-order valence-electron chi connectivity index (χ4n) is 2.43. The molecular formula is C15H23NO. The van der Waals surface area contributed by atoms with Crippen LogP contribution in [0.5, 0.6) is 0 Å². The summed E-state index contributed by atoms with van der Waals surface area (Å²) in [6.07, 6.45) is 1.19. The van der Waals surface area contributed by atoms with Crippen molar-refractivity contribution in [1.82, 2.24) is 5.32 Å². The maximum absolute atomic E-state index is 5.44. The molecule has 0 spiro atoms. The molecule has 0 bridgehead atoms. The van der Waals surface area contributed by atoms with E-state index in [9.17, 15) is 0 Å². The van der Waals surface area contributed by atoms with Crippen LogP contribution in [0.25, 0.3) is 0 Å². The van der Waals surface area contributed by atoms with E-state index in [0.29, 0.717) is 18.0 Å². The molecule has 17 heavy (non-hydrogen) atoms. The number of benzene rings is 1. The topological polar surface area (TPSA) is 21.3 Å². The second-order valence-corrected chi connectivity index (χ2v) is 5.21. The second-order valence-electron chi connectivity index (χ2n) is 5.21. The summed E-state index contributed by atoms with van der Waals surface area (Å²) in [4.78, 5) is 0. The molecule has 0 aromatic heterocycles. The Kier molecular flexibility index (Phi) is 4.19. The van der Waals surface area contributed by atoms with Crippen molar-refractivity contribution in [3.63, 3.8) is 0 Å². The first-order valence-corrected chi connectivity index (χ1v) is 6.57. The van der Waals surface area contributed by atoms with Crippen LogP contribution >= 0.6 is 0 Å². The van der Waals surface area contributed by atoms with Crippen LogP contribution in [0.1, 0.15) is 37.4 Å². The number of hydrogen-bond acceptors (Lipinski definition) is 2. The standard InChI is InChI=1S/C15H23NO/c1-11-4-6-14(7-5-11)12(2)16-13(3)15-8-9-17-10-15/h4-7,12-13,15-16H,8-10H2,1-3H3. The van der Waals surface area contributed by atoms with Crippen molar-refractivity contribution in [1.29, 1.82) is 0 Å². The Morgan fingerprint density at radius 1 is 1.24 bits per heavy atom. The zero-order chi connectivity index (χ0) is 12.3. The van der Waals surface area contributed by atoms with E-state index in [1.807, 2.05) is 0 Å². The Morgan fingerprint density at radius 3 is 2.53 bits per heavy atom. The fourth-order valence-corrected chi connectivity index (χ4v) is 2.43. The van der Waals surface area contributed by atoms with E-state index in [2.05, 4.69) is 50.4 Å². The lowest BCUT2D eigenvalue weighted by Crippen LogP contribution is -2.35. The fraction of sp³-hybridized carbons (Fsp3) is 0.600. The largest absolute Gasteiger partial charge is 0.381 e. The van der Waals surface area contributed by atoms with Crippen molar-refractivity contribution in [3.8, 4) is 0 Å². The first-order valence-electron chi connectivity index (χ1n) is 6.57. The molecule has 2 heteroatoms. The van der Waals surface area contributed by atoms with E-state index in [0.717, 1.165) is 13.2 Å². The highest BCUT2D eigenvalue weighted by molar-refractivity contribution is 5.23. The number of hydrogen-bond donors (Lipinski definition) is 1. The van der Waals surface area contributed by atoms with Crippen LogP contribution in [0.15, 0.2) is 24.3 Å². The van der Waals surface area contributed by atoms with Gasteiger partial charge in [-0.2, -0.15) is 0 Å². The predicted octanol–water partition coefficient (Wildman–Crippen LogP) is 3.07. The molecular weight excluding hydrogens is 210 g/mol. The molecule has 2 nitrogen and oxygen atoms in total. The second kappa shape index (κ2) is 5.65. The third-order valence-corrected chi connectivity index (χ3v) is 3.76. The lowest BCUT2D eigenvalue weighted by atomic mass is 9.98. The molecule has 2 rings (SSSR count). The molecule has 0 amide bonds. The van der Waals surface area contributed by atoms with Crippen LogP contribution in [-0.4, -0.2) is 19.3 Å². The first kappa shape index (κ1) is 12.6.